The zero-order valence-corrected chi connectivity index (χ0v) is 15.2. The molecule has 1 fully saturated rings. The van der Waals surface area contributed by atoms with E-state index < -0.39 is 0 Å². The fraction of sp³-hybridized carbons (Fsp3) is 0.300. The van der Waals surface area contributed by atoms with Crippen LogP contribution in [0.2, 0.25) is 5.02 Å². The molecule has 2 aromatic carbocycles. The minimum atomic E-state index is 0.191. The lowest BCUT2D eigenvalue weighted by atomic mass is 10.2. The third-order valence-electron chi connectivity index (χ3n) is 4.82. The summed E-state index contributed by atoms with van der Waals surface area (Å²) in [6.45, 7) is 3.28. The molecular weight excluding hydrogens is 348 g/mol. The Morgan fingerprint density at radius 1 is 1.08 bits per heavy atom. The van der Waals surface area contributed by atoms with Crippen LogP contribution in [0, 0.1) is 0 Å². The number of aromatic amines is 1. The molecule has 0 radical (unpaired) electrons. The van der Waals surface area contributed by atoms with Crippen LogP contribution in [0.4, 0.5) is 5.69 Å². The first-order valence-electron chi connectivity index (χ1n) is 8.91. The highest BCUT2D eigenvalue weighted by atomic mass is 35.5. The van der Waals surface area contributed by atoms with Gasteiger partial charge in [0.25, 0.3) is 0 Å². The number of halogens is 1. The molecule has 3 aromatic rings. The van der Waals surface area contributed by atoms with Gasteiger partial charge in [0.05, 0.1) is 11.0 Å². The number of rotatable bonds is 4. The highest BCUT2D eigenvalue weighted by molar-refractivity contribution is 6.31. The molecule has 134 valence electrons. The SMILES string of the molecule is O=C(CCc1nc2ccc(Cl)cc2[nH]1)N1CCN(c2ccccc2)CC1. The molecule has 2 heterocycles. The van der Waals surface area contributed by atoms with Crippen molar-refractivity contribution in [1.29, 1.82) is 0 Å². The van der Waals surface area contributed by atoms with Crippen molar-refractivity contribution in [2.24, 2.45) is 0 Å². The lowest BCUT2D eigenvalue weighted by Crippen LogP contribution is -2.48. The number of carbonyl (C=O) groups excluding carboxylic acids is 1. The quantitative estimate of drug-likeness (QED) is 0.766. The number of nitrogens with one attached hydrogen (secondary N) is 1. The minimum Gasteiger partial charge on any atom is -0.368 e. The van der Waals surface area contributed by atoms with Crippen molar-refractivity contribution in [3.8, 4) is 0 Å². The second-order valence-corrected chi connectivity index (χ2v) is 6.98. The van der Waals surface area contributed by atoms with Crippen molar-refractivity contribution in [2.45, 2.75) is 12.8 Å². The van der Waals surface area contributed by atoms with E-state index in [4.69, 9.17) is 11.6 Å². The first-order valence-corrected chi connectivity index (χ1v) is 9.29. The van der Waals surface area contributed by atoms with E-state index in [9.17, 15) is 4.79 Å². The van der Waals surface area contributed by atoms with Gasteiger partial charge in [0.15, 0.2) is 0 Å². The summed E-state index contributed by atoms with van der Waals surface area (Å²) in [6.07, 6.45) is 1.09. The predicted octanol–water partition coefficient (Wildman–Crippen LogP) is 3.50. The minimum absolute atomic E-state index is 0.191. The molecule has 1 saturated heterocycles. The molecule has 0 atom stereocenters. The number of carbonyl (C=O) groups is 1. The number of anilines is 1. The van der Waals surface area contributed by atoms with Gasteiger partial charge in [0.1, 0.15) is 5.82 Å². The number of hydrogen-bond donors (Lipinski definition) is 1. The van der Waals surface area contributed by atoms with Gasteiger partial charge in [-0.1, -0.05) is 29.8 Å². The van der Waals surface area contributed by atoms with E-state index in [0.29, 0.717) is 17.9 Å². The third-order valence-corrected chi connectivity index (χ3v) is 5.06. The van der Waals surface area contributed by atoms with Gasteiger partial charge in [-0.2, -0.15) is 0 Å². The molecule has 1 N–H and O–H groups in total. The number of aryl methyl sites for hydroxylation is 1. The number of imidazole rings is 1. The Balaban J connectivity index is 1.31. The van der Waals surface area contributed by atoms with Crippen LogP contribution in [0.5, 0.6) is 0 Å². The lowest BCUT2D eigenvalue weighted by Gasteiger charge is -2.36. The highest BCUT2D eigenvalue weighted by Gasteiger charge is 2.21. The zero-order chi connectivity index (χ0) is 17.9. The fourth-order valence-corrected chi connectivity index (χ4v) is 3.56. The van der Waals surface area contributed by atoms with E-state index in [0.717, 1.165) is 43.0 Å². The normalized spacial score (nSPS) is 14.8. The van der Waals surface area contributed by atoms with Gasteiger partial charge in [-0.05, 0) is 30.3 Å². The Morgan fingerprint density at radius 3 is 2.62 bits per heavy atom. The van der Waals surface area contributed by atoms with Gasteiger partial charge in [-0.15, -0.1) is 0 Å². The third kappa shape index (κ3) is 3.68. The van der Waals surface area contributed by atoms with Gasteiger partial charge in [-0.25, -0.2) is 4.98 Å². The topological polar surface area (TPSA) is 52.2 Å². The molecule has 0 aliphatic carbocycles. The molecule has 1 aromatic heterocycles. The molecule has 0 saturated carbocycles. The van der Waals surface area contributed by atoms with Crippen molar-refractivity contribution in [3.05, 3.63) is 59.4 Å². The average Bonchev–Trinajstić information content (AvgIpc) is 3.09. The Bertz CT molecular complexity index is 901. The van der Waals surface area contributed by atoms with Crippen molar-refractivity contribution < 1.29 is 4.79 Å². The number of benzene rings is 2. The number of aromatic nitrogens is 2. The highest BCUT2D eigenvalue weighted by Crippen LogP contribution is 2.19. The van der Waals surface area contributed by atoms with Crippen molar-refractivity contribution >= 4 is 34.2 Å². The van der Waals surface area contributed by atoms with E-state index in [1.165, 1.54) is 5.69 Å². The molecule has 4 rings (SSSR count). The Labute approximate surface area is 157 Å². The van der Waals surface area contributed by atoms with Crippen LogP contribution in [-0.2, 0) is 11.2 Å². The Morgan fingerprint density at radius 2 is 1.85 bits per heavy atom. The second-order valence-electron chi connectivity index (χ2n) is 6.55. The maximum Gasteiger partial charge on any atom is 0.223 e. The fourth-order valence-electron chi connectivity index (χ4n) is 3.39. The van der Waals surface area contributed by atoms with Gasteiger partial charge in [0, 0.05) is 49.7 Å². The molecule has 0 bridgehead atoms. The predicted molar refractivity (Wildman–Crippen MR) is 105 cm³/mol. The van der Waals surface area contributed by atoms with E-state index in [1.807, 2.05) is 41.3 Å². The van der Waals surface area contributed by atoms with Gasteiger partial charge in [0.2, 0.25) is 5.91 Å². The summed E-state index contributed by atoms with van der Waals surface area (Å²) < 4.78 is 0. The second kappa shape index (κ2) is 7.38. The molecule has 5 nitrogen and oxygen atoms in total. The Kier molecular flexibility index (Phi) is 4.80. The van der Waals surface area contributed by atoms with Gasteiger partial charge in [-0.3, -0.25) is 4.79 Å². The summed E-state index contributed by atoms with van der Waals surface area (Å²) in [5.41, 5.74) is 3.02. The summed E-state index contributed by atoms with van der Waals surface area (Å²) in [5, 5.41) is 0.681. The van der Waals surface area contributed by atoms with E-state index in [-0.39, 0.29) is 5.91 Å². The monoisotopic (exact) mass is 368 g/mol. The number of fused-ring (bicyclic) bond motifs is 1. The van der Waals surface area contributed by atoms with Crippen molar-refractivity contribution in [2.75, 3.05) is 31.1 Å². The molecular formula is C20H21ClN4O. The van der Waals surface area contributed by atoms with Crippen LogP contribution in [0.1, 0.15) is 12.2 Å². The maximum atomic E-state index is 12.5. The summed E-state index contributed by atoms with van der Waals surface area (Å²) in [5.74, 6) is 1.02. The molecule has 6 heteroatoms. The first-order chi connectivity index (χ1) is 12.7. The number of H-pyrrole nitrogens is 1. The smallest absolute Gasteiger partial charge is 0.223 e. The number of hydrogen-bond acceptors (Lipinski definition) is 3. The maximum absolute atomic E-state index is 12.5. The van der Waals surface area contributed by atoms with E-state index in [2.05, 4.69) is 27.0 Å². The molecule has 1 aliphatic heterocycles. The van der Waals surface area contributed by atoms with Crippen LogP contribution in [-0.4, -0.2) is 47.0 Å². The van der Waals surface area contributed by atoms with Crippen LogP contribution in [0.15, 0.2) is 48.5 Å². The summed E-state index contributed by atoms with van der Waals surface area (Å²) in [6, 6.07) is 15.9. The first kappa shape index (κ1) is 16.9. The van der Waals surface area contributed by atoms with Gasteiger partial charge >= 0.3 is 0 Å². The average molecular weight is 369 g/mol. The summed E-state index contributed by atoms with van der Waals surface area (Å²) >= 11 is 6.00. The number of para-hydroxylation sites is 1. The largest absolute Gasteiger partial charge is 0.368 e. The van der Waals surface area contributed by atoms with Gasteiger partial charge < -0.3 is 14.8 Å². The molecule has 1 aliphatic rings. The number of nitrogens with zero attached hydrogens (tertiary/aromatic N) is 3. The van der Waals surface area contributed by atoms with E-state index >= 15 is 0 Å². The van der Waals surface area contributed by atoms with Crippen LogP contribution in [0.25, 0.3) is 11.0 Å². The standard InChI is InChI=1S/C20H21ClN4O/c21-15-6-7-17-18(14-15)23-19(22-17)8-9-20(26)25-12-10-24(11-13-25)16-4-2-1-3-5-16/h1-7,14H,8-13H2,(H,22,23). The Hall–Kier alpha value is -2.53. The molecule has 0 spiro atoms. The lowest BCUT2D eigenvalue weighted by molar-refractivity contribution is -0.131. The zero-order valence-electron chi connectivity index (χ0n) is 14.5. The molecule has 0 unspecified atom stereocenters. The number of piperazine rings is 1. The summed E-state index contributed by atoms with van der Waals surface area (Å²) in [7, 11) is 0. The molecule has 26 heavy (non-hydrogen) atoms. The van der Waals surface area contributed by atoms with Crippen molar-refractivity contribution in [3.63, 3.8) is 0 Å². The summed E-state index contributed by atoms with van der Waals surface area (Å²) in [4.78, 5) is 24.6. The van der Waals surface area contributed by atoms with Crippen LogP contribution >= 0.6 is 11.6 Å². The van der Waals surface area contributed by atoms with E-state index in [1.54, 1.807) is 0 Å². The molecule has 1 amide bonds. The van der Waals surface area contributed by atoms with Crippen LogP contribution in [0.3, 0.4) is 0 Å². The van der Waals surface area contributed by atoms with Crippen LogP contribution < -0.4 is 4.90 Å². The van der Waals surface area contributed by atoms with Crippen molar-refractivity contribution in [1.82, 2.24) is 14.9 Å². The number of amides is 1.